The molecule has 1 aromatic heterocycles. The summed E-state index contributed by atoms with van der Waals surface area (Å²) in [6, 6.07) is 11.6. The molecule has 6 nitrogen and oxygen atoms in total. The Bertz CT molecular complexity index is 995. The van der Waals surface area contributed by atoms with Crippen LogP contribution < -0.4 is 10.0 Å². The molecule has 2 aromatic carbocycles. The molecule has 0 aliphatic heterocycles. The maximum Gasteiger partial charge on any atom is 0.262 e. The smallest absolute Gasteiger partial charge is 0.262 e. The van der Waals surface area contributed by atoms with Crippen LogP contribution in [-0.2, 0) is 10.0 Å². The molecule has 8 heteroatoms. The van der Waals surface area contributed by atoms with Gasteiger partial charge in [-0.25, -0.2) is 22.8 Å². The number of sulfonamides is 1. The summed E-state index contributed by atoms with van der Waals surface area (Å²) in [5, 5.41) is 3.00. The summed E-state index contributed by atoms with van der Waals surface area (Å²) >= 11 is 0. The topological polar surface area (TPSA) is 84.0 Å². The monoisotopic (exact) mass is 358 g/mol. The Balaban J connectivity index is 1.96. The molecule has 0 aliphatic carbocycles. The van der Waals surface area contributed by atoms with Crippen LogP contribution in [0, 0.1) is 12.7 Å². The molecular formula is C17H15FN4O2S. The quantitative estimate of drug-likeness (QED) is 0.730. The van der Waals surface area contributed by atoms with E-state index in [1.54, 1.807) is 30.6 Å². The normalized spacial score (nSPS) is 11.1. The largest absolute Gasteiger partial charge is 0.322 e. The van der Waals surface area contributed by atoms with Gasteiger partial charge in [0, 0.05) is 12.4 Å². The minimum Gasteiger partial charge on any atom is -0.322 e. The lowest BCUT2D eigenvalue weighted by Crippen LogP contribution is -2.15. The molecule has 0 fully saturated rings. The molecule has 128 valence electrons. The van der Waals surface area contributed by atoms with E-state index in [9.17, 15) is 12.8 Å². The van der Waals surface area contributed by atoms with Crippen LogP contribution in [0.25, 0.3) is 0 Å². The average Bonchev–Trinajstić information content (AvgIpc) is 2.59. The molecule has 1 heterocycles. The van der Waals surface area contributed by atoms with Crippen molar-refractivity contribution in [1.29, 1.82) is 0 Å². The number of anilines is 3. The van der Waals surface area contributed by atoms with E-state index in [0.29, 0.717) is 17.3 Å². The second-order valence-corrected chi connectivity index (χ2v) is 6.94. The Kier molecular flexibility index (Phi) is 4.62. The molecule has 0 radical (unpaired) electrons. The first-order chi connectivity index (χ1) is 12.0. The molecule has 0 saturated heterocycles. The van der Waals surface area contributed by atoms with E-state index in [2.05, 4.69) is 20.0 Å². The van der Waals surface area contributed by atoms with Gasteiger partial charge in [0.05, 0.1) is 16.3 Å². The number of nitrogens with one attached hydrogen (secondary N) is 2. The molecule has 0 aliphatic rings. The van der Waals surface area contributed by atoms with Crippen LogP contribution in [-0.4, -0.2) is 18.4 Å². The lowest BCUT2D eigenvalue weighted by atomic mass is 10.2. The second kappa shape index (κ2) is 6.86. The van der Waals surface area contributed by atoms with Crippen LogP contribution in [0.3, 0.4) is 0 Å². The van der Waals surface area contributed by atoms with Gasteiger partial charge in [-0.15, -0.1) is 0 Å². The van der Waals surface area contributed by atoms with Crippen LogP contribution in [0.5, 0.6) is 0 Å². The Morgan fingerprint density at radius 1 is 1.00 bits per heavy atom. The Labute approximate surface area is 144 Å². The van der Waals surface area contributed by atoms with Crippen molar-refractivity contribution in [2.75, 3.05) is 10.0 Å². The molecule has 0 spiro atoms. The summed E-state index contributed by atoms with van der Waals surface area (Å²) in [5.74, 6) is -0.286. The highest BCUT2D eigenvalue weighted by molar-refractivity contribution is 7.92. The maximum absolute atomic E-state index is 13.3. The molecule has 3 rings (SSSR count). The Morgan fingerprint density at radius 3 is 2.44 bits per heavy atom. The summed E-state index contributed by atoms with van der Waals surface area (Å²) in [7, 11) is -3.94. The first kappa shape index (κ1) is 16.8. The lowest BCUT2D eigenvalue weighted by Gasteiger charge is -2.15. The van der Waals surface area contributed by atoms with E-state index in [4.69, 9.17) is 0 Å². The van der Waals surface area contributed by atoms with Crippen molar-refractivity contribution in [3.05, 3.63) is 72.3 Å². The fourth-order valence-electron chi connectivity index (χ4n) is 2.23. The fourth-order valence-corrected chi connectivity index (χ4v) is 3.33. The third kappa shape index (κ3) is 3.92. The summed E-state index contributed by atoms with van der Waals surface area (Å²) in [6.45, 7) is 1.82. The number of halogens is 1. The molecule has 0 saturated carbocycles. The van der Waals surface area contributed by atoms with Crippen molar-refractivity contribution in [3.8, 4) is 0 Å². The first-order valence-electron chi connectivity index (χ1n) is 7.38. The highest BCUT2D eigenvalue weighted by Crippen LogP contribution is 2.29. The zero-order chi connectivity index (χ0) is 17.9. The van der Waals surface area contributed by atoms with Gasteiger partial charge in [-0.1, -0.05) is 18.2 Å². The van der Waals surface area contributed by atoms with Crippen LogP contribution >= 0.6 is 0 Å². The van der Waals surface area contributed by atoms with Crippen molar-refractivity contribution >= 4 is 27.3 Å². The SMILES string of the molecule is Cc1cccc(NS(=O)(=O)c2cccc(F)c2)c1Nc1ncccn1. The molecule has 0 unspecified atom stereocenters. The number of hydrogen-bond acceptors (Lipinski definition) is 5. The highest BCUT2D eigenvalue weighted by atomic mass is 32.2. The van der Waals surface area contributed by atoms with Gasteiger partial charge in [-0.3, -0.25) is 4.72 Å². The van der Waals surface area contributed by atoms with Gasteiger partial charge in [-0.2, -0.15) is 0 Å². The Hall–Kier alpha value is -3.00. The number of nitrogens with zero attached hydrogens (tertiary/aromatic N) is 2. The van der Waals surface area contributed by atoms with E-state index >= 15 is 0 Å². The van der Waals surface area contributed by atoms with E-state index in [1.165, 1.54) is 18.2 Å². The van der Waals surface area contributed by atoms with E-state index in [-0.39, 0.29) is 4.90 Å². The lowest BCUT2D eigenvalue weighted by molar-refractivity contribution is 0.595. The minimum absolute atomic E-state index is 0.157. The van der Waals surface area contributed by atoms with Crippen molar-refractivity contribution in [1.82, 2.24) is 9.97 Å². The second-order valence-electron chi connectivity index (χ2n) is 5.26. The third-order valence-electron chi connectivity index (χ3n) is 3.43. The summed E-state index contributed by atoms with van der Waals surface area (Å²) in [4.78, 5) is 7.99. The van der Waals surface area contributed by atoms with Gasteiger partial charge in [-0.05, 0) is 42.8 Å². The van der Waals surface area contributed by atoms with Gasteiger partial charge >= 0.3 is 0 Å². The molecule has 2 N–H and O–H groups in total. The van der Waals surface area contributed by atoms with Gasteiger partial charge in [0.15, 0.2) is 0 Å². The van der Waals surface area contributed by atoms with Gasteiger partial charge in [0.25, 0.3) is 10.0 Å². The molecule has 0 bridgehead atoms. The van der Waals surface area contributed by atoms with Crippen LogP contribution in [0.1, 0.15) is 5.56 Å². The predicted molar refractivity (Wildman–Crippen MR) is 93.7 cm³/mol. The van der Waals surface area contributed by atoms with Crippen molar-refractivity contribution in [2.45, 2.75) is 11.8 Å². The molecule has 0 amide bonds. The minimum atomic E-state index is -3.94. The van der Waals surface area contributed by atoms with E-state index in [1.807, 2.05) is 13.0 Å². The number of hydrogen-bond donors (Lipinski definition) is 2. The average molecular weight is 358 g/mol. The molecule has 25 heavy (non-hydrogen) atoms. The number of benzene rings is 2. The van der Waals surface area contributed by atoms with Gasteiger partial charge in [0.1, 0.15) is 5.82 Å². The third-order valence-corrected chi connectivity index (χ3v) is 4.79. The van der Waals surface area contributed by atoms with Gasteiger partial charge < -0.3 is 5.32 Å². The van der Waals surface area contributed by atoms with Crippen LogP contribution in [0.2, 0.25) is 0 Å². The summed E-state index contributed by atoms with van der Waals surface area (Å²) in [6.07, 6.45) is 3.15. The van der Waals surface area contributed by atoms with Gasteiger partial charge in [0.2, 0.25) is 5.95 Å². The maximum atomic E-state index is 13.3. The number of aromatic nitrogens is 2. The van der Waals surface area contributed by atoms with Crippen molar-refractivity contribution in [3.63, 3.8) is 0 Å². The zero-order valence-corrected chi connectivity index (χ0v) is 14.1. The standard InChI is InChI=1S/C17H15FN4O2S/c1-12-5-2-8-15(16(12)21-17-19-9-4-10-20-17)22-25(23,24)14-7-3-6-13(18)11-14/h2-11,22H,1H3,(H,19,20,21). The van der Waals surface area contributed by atoms with Crippen LogP contribution in [0.15, 0.2) is 65.8 Å². The fraction of sp³-hybridized carbons (Fsp3) is 0.0588. The molecular weight excluding hydrogens is 343 g/mol. The summed E-state index contributed by atoms with van der Waals surface area (Å²) in [5.41, 5.74) is 1.64. The Morgan fingerprint density at radius 2 is 1.72 bits per heavy atom. The van der Waals surface area contributed by atoms with Crippen molar-refractivity contribution < 1.29 is 12.8 Å². The summed E-state index contributed by atoms with van der Waals surface area (Å²) < 4.78 is 40.9. The number of rotatable bonds is 5. The number of aryl methyl sites for hydroxylation is 1. The number of para-hydroxylation sites is 1. The van der Waals surface area contributed by atoms with Crippen LogP contribution in [0.4, 0.5) is 21.7 Å². The molecule has 3 aromatic rings. The van der Waals surface area contributed by atoms with E-state index in [0.717, 1.165) is 11.6 Å². The highest BCUT2D eigenvalue weighted by Gasteiger charge is 2.18. The predicted octanol–water partition coefficient (Wildman–Crippen LogP) is 3.47. The first-order valence-corrected chi connectivity index (χ1v) is 8.86. The zero-order valence-electron chi connectivity index (χ0n) is 13.3. The molecule has 0 atom stereocenters. The van der Waals surface area contributed by atoms with E-state index < -0.39 is 15.8 Å². The van der Waals surface area contributed by atoms with Crippen molar-refractivity contribution in [2.24, 2.45) is 0 Å².